The summed E-state index contributed by atoms with van der Waals surface area (Å²) in [6.45, 7) is 13.5. The SMILES string of the molecule is CCNC(=O)c1cc2c(-c3cc4c(cnn4CC(C)(C)C)cc3Oc3c(C)ccnc3C)cn(C)c(=O)c2[nH]1. The first-order chi connectivity index (χ1) is 18.5. The van der Waals surface area contributed by atoms with Crippen molar-refractivity contribution in [1.29, 1.82) is 0 Å². The number of hydrogen-bond donors (Lipinski definition) is 2. The van der Waals surface area contributed by atoms with Crippen molar-refractivity contribution >= 4 is 27.7 Å². The van der Waals surface area contributed by atoms with Crippen molar-refractivity contribution in [3.63, 3.8) is 0 Å². The van der Waals surface area contributed by atoms with Crippen LogP contribution in [0.4, 0.5) is 0 Å². The van der Waals surface area contributed by atoms with Crippen LogP contribution in [0.15, 0.2) is 47.7 Å². The second kappa shape index (κ2) is 9.72. The number of rotatable bonds is 6. The van der Waals surface area contributed by atoms with Crippen LogP contribution in [-0.4, -0.2) is 36.8 Å². The summed E-state index contributed by atoms with van der Waals surface area (Å²) in [6, 6.07) is 7.69. The lowest BCUT2D eigenvalue weighted by atomic mass is 9.96. The third kappa shape index (κ3) is 4.92. The maximum absolute atomic E-state index is 13.1. The van der Waals surface area contributed by atoms with Gasteiger partial charge in [0.1, 0.15) is 17.0 Å². The Hall–Kier alpha value is -4.40. The lowest BCUT2D eigenvalue weighted by Crippen LogP contribution is -2.23. The first-order valence-corrected chi connectivity index (χ1v) is 13.1. The van der Waals surface area contributed by atoms with E-state index < -0.39 is 0 Å². The molecule has 2 N–H and O–H groups in total. The molecule has 202 valence electrons. The molecule has 9 nitrogen and oxygen atoms in total. The number of aromatic amines is 1. The van der Waals surface area contributed by atoms with Gasteiger partial charge in [-0.1, -0.05) is 20.8 Å². The molecule has 0 saturated carbocycles. The molecule has 9 heteroatoms. The van der Waals surface area contributed by atoms with Gasteiger partial charge in [-0.05, 0) is 56.0 Å². The molecule has 4 aromatic heterocycles. The van der Waals surface area contributed by atoms with Crippen LogP contribution in [0, 0.1) is 19.3 Å². The predicted molar refractivity (Wildman–Crippen MR) is 154 cm³/mol. The van der Waals surface area contributed by atoms with Crippen LogP contribution in [-0.2, 0) is 13.6 Å². The Bertz CT molecular complexity index is 1760. The lowest BCUT2D eigenvalue weighted by Gasteiger charge is -2.20. The van der Waals surface area contributed by atoms with E-state index in [1.807, 2.05) is 43.8 Å². The molecule has 5 rings (SSSR count). The zero-order valence-electron chi connectivity index (χ0n) is 23.5. The molecule has 0 unspecified atom stereocenters. The van der Waals surface area contributed by atoms with E-state index in [9.17, 15) is 9.59 Å². The molecule has 0 spiro atoms. The van der Waals surface area contributed by atoms with Gasteiger partial charge in [0.15, 0.2) is 5.75 Å². The molecule has 0 fully saturated rings. The second-order valence-corrected chi connectivity index (χ2v) is 11.2. The molecular weight excluding hydrogens is 492 g/mol. The number of nitrogens with zero attached hydrogens (tertiary/aromatic N) is 4. The van der Waals surface area contributed by atoms with Crippen molar-refractivity contribution in [1.82, 2.24) is 29.6 Å². The lowest BCUT2D eigenvalue weighted by molar-refractivity contribution is 0.0951. The molecular formula is C30H34N6O3. The largest absolute Gasteiger partial charge is 0.455 e. The summed E-state index contributed by atoms with van der Waals surface area (Å²) >= 11 is 0. The number of amides is 1. The van der Waals surface area contributed by atoms with Crippen LogP contribution in [0.5, 0.6) is 11.5 Å². The summed E-state index contributed by atoms with van der Waals surface area (Å²) in [7, 11) is 1.70. The summed E-state index contributed by atoms with van der Waals surface area (Å²) < 4.78 is 10.1. The highest BCUT2D eigenvalue weighted by molar-refractivity contribution is 6.04. The molecule has 0 radical (unpaired) electrons. The average molecular weight is 527 g/mol. The number of hydrogen-bond acceptors (Lipinski definition) is 5. The average Bonchev–Trinajstić information content (AvgIpc) is 3.47. The fourth-order valence-corrected chi connectivity index (χ4v) is 4.85. The molecule has 0 aliphatic heterocycles. The maximum Gasteiger partial charge on any atom is 0.274 e. The van der Waals surface area contributed by atoms with Gasteiger partial charge in [0.2, 0.25) is 0 Å². The van der Waals surface area contributed by atoms with Gasteiger partial charge >= 0.3 is 0 Å². The molecule has 39 heavy (non-hydrogen) atoms. The third-order valence-electron chi connectivity index (χ3n) is 6.70. The van der Waals surface area contributed by atoms with Gasteiger partial charge in [-0.15, -0.1) is 0 Å². The smallest absolute Gasteiger partial charge is 0.274 e. The molecule has 5 aromatic rings. The quantitative estimate of drug-likeness (QED) is 0.305. The number of benzene rings is 1. The fraction of sp³-hybridized carbons (Fsp3) is 0.333. The summed E-state index contributed by atoms with van der Waals surface area (Å²) in [6.07, 6.45) is 5.40. The van der Waals surface area contributed by atoms with Crippen molar-refractivity contribution in [2.24, 2.45) is 12.5 Å². The van der Waals surface area contributed by atoms with Gasteiger partial charge in [-0.2, -0.15) is 5.10 Å². The van der Waals surface area contributed by atoms with Crippen LogP contribution in [0.3, 0.4) is 0 Å². The predicted octanol–water partition coefficient (Wildman–Crippen LogP) is 5.48. The van der Waals surface area contributed by atoms with Crippen LogP contribution in [0.25, 0.3) is 32.9 Å². The molecule has 0 aliphatic rings. The van der Waals surface area contributed by atoms with Gasteiger partial charge in [-0.3, -0.25) is 19.3 Å². The molecule has 4 heterocycles. The van der Waals surface area contributed by atoms with E-state index in [4.69, 9.17) is 4.74 Å². The van der Waals surface area contributed by atoms with Crippen LogP contribution < -0.4 is 15.6 Å². The zero-order valence-corrected chi connectivity index (χ0v) is 23.5. The summed E-state index contributed by atoms with van der Waals surface area (Å²) in [5, 5.41) is 9.06. The van der Waals surface area contributed by atoms with Crippen molar-refractivity contribution in [2.45, 2.75) is 48.1 Å². The number of aryl methyl sites for hydroxylation is 3. The Kier molecular flexibility index (Phi) is 6.54. The summed E-state index contributed by atoms with van der Waals surface area (Å²) in [4.78, 5) is 33.2. The first kappa shape index (κ1) is 26.2. The van der Waals surface area contributed by atoms with Crippen molar-refractivity contribution in [3.8, 4) is 22.6 Å². The first-order valence-electron chi connectivity index (χ1n) is 13.1. The topological polar surface area (TPSA) is 107 Å². The molecule has 0 bridgehead atoms. The Morgan fingerprint density at radius 1 is 1.15 bits per heavy atom. The van der Waals surface area contributed by atoms with Crippen LogP contribution in [0.1, 0.15) is 49.4 Å². The van der Waals surface area contributed by atoms with E-state index in [-0.39, 0.29) is 16.9 Å². The Morgan fingerprint density at radius 2 is 1.92 bits per heavy atom. The minimum atomic E-state index is -0.265. The highest BCUT2D eigenvalue weighted by atomic mass is 16.5. The number of pyridine rings is 2. The monoisotopic (exact) mass is 526 g/mol. The Morgan fingerprint density at radius 3 is 2.62 bits per heavy atom. The number of nitrogens with one attached hydrogen (secondary N) is 2. The zero-order chi connectivity index (χ0) is 28.1. The number of carbonyl (C=O) groups is 1. The van der Waals surface area contributed by atoms with Crippen molar-refractivity contribution < 1.29 is 9.53 Å². The maximum atomic E-state index is 13.1. The normalized spacial score (nSPS) is 11.9. The van der Waals surface area contributed by atoms with E-state index in [2.05, 4.69) is 47.2 Å². The fourth-order valence-electron chi connectivity index (χ4n) is 4.85. The highest BCUT2D eigenvalue weighted by Crippen LogP contribution is 2.41. The van der Waals surface area contributed by atoms with Gasteiger partial charge in [0.25, 0.3) is 11.5 Å². The number of aromatic nitrogens is 5. The third-order valence-corrected chi connectivity index (χ3v) is 6.70. The van der Waals surface area contributed by atoms with Gasteiger partial charge in [0.05, 0.1) is 17.4 Å². The number of H-pyrrole nitrogens is 1. The molecule has 0 aliphatic carbocycles. The number of ether oxygens (including phenoxy) is 1. The van der Waals surface area contributed by atoms with Gasteiger partial charge in [-0.25, -0.2) is 0 Å². The van der Waals surface area contributed by atoms with E-state index >= 15 is 0 Å². The summed E-state index contributed by atoms with van der Waals surface area (Å²) in [5.74, 6) is 1.02. The molecule has 1 aromatic carbocycles. The molecule has 0 saturated heterocycles. The van der Waals surface area contributed by atoms with Crippen LogP contribution >= 0.6 is 0 Å². The van der Waals surface area contributed by atoms with Gasteiger partial charge in [0, 0.05) is 54.4 Å². The van der Waals surface area contributed by atoms with E-state index in [1.54, 1.807) is 25.5 Å². The van der Waals surface area contributed by atoms with Crippen molar-refractivity contribution in [3.05, 3.63) is 70.2 Å². The highest BCUT2D eigenvalue weighted by Gasteiger charge is 2.22. The second-order valence-electron chi connectivity index (χ2n) is 11.2. The Balaban J connectivity index is 1.80. The minimum absolute atomic E-state index is 0.0182. The van der Waals surface area contributed by atoms with Gasteiger partial charge < -0.3 is 19.6 Å². The minimum Gasteiger partial charge on any atom is -0.455 e. The standard InChI is InChI=1S/C30H34N6O3/c1-8-31-28(37)23-12-21-22(15-35(7)29(38)26(21)34-23)20-13-24-19(14-33-36(24)16-30(4,5)6)11-25(20)39-27-17(2)9-10-32-18(27)3/h9-15,34H,8,16H2,1-7H3,(H,31,37). The van der Waals surface area contributed by atoms with Crippen LogP contribution in [0.2, 0.25) is 0 Å². The number of carbonyl (C=O) groups excluding carboxylic acids is 1. The van der Waals surface area contributed by atoms with Crippen molar-refractivity contribution in [2.75, 3.05) is 6.54 Å². The van der Waals surface area contributed by atoms with E-state index in [0.29, 0.717) is 34.6 Å². The summed E-state index contributed by atoms with van der Waals surface area (Å²) in [5.41, 5.74) is 4.72. The molecule has 1 amide bonds. The Labute approximate surface area is 226 Å². The number of fused-ring (bicyclic) bond motifs is 2. The molecule has 0 atom stereocenters. The van der Waals surface area contributed by atoms with E-state index in [1.165, 1.54) is 4.57 Å². The van der Waals surface area contributed by atoms with E-state index in [0.717, 1.165) is 39.8 Å².